The minimum absolute atomic E-state index is 0.344. The second-order valence-electron chi connectivity index (χ2n) is 5.67. The van der Waals surface area contributed by atoms with E-state index in [9.17, 15) is 4.79 Å². The van der Waals surface area contributed by atoms with E-state index in [-0.39, 0.29) is 0 Å². The number of carbonyl (C=O) groups is 1. The molecule has 0 spiro atoms. The summed E-state index contributed by atoms with van der Waals surface area (Å²) in [5.74, 6) is 0.581. The van der Waals surface area contributed by atoms with Crippen LogP contribution in [0.4, 0.5) is 10.5 Å². The number of hydrogen-bond donors (Lipinski definition) is 2. The van der Waals surface area contributed by atoms with E-state index in [2.05, 4.69) is 31.3 Å². The van der Waals surface area contributed by atoms with Crippen LogP contribution in [0, 0.1) is 6.92 Å². The molecule has 8 nitrogen and oxygen atoms in total. The third-order valence-electron chi connectivity index (χ3n) is 3.66. The lowest BCUT2D eigenvalue weighted by Crippen LogP contribution is -2.17. The first kappa shape index (κ1) is 20.6. The monoisotopic (exact) mass is 485 g/mol. The van der Waals surface area contributed by atoms with E-state index in [0.29, 0.717) is 55.5 Å². The number of anilines is 1. The highest BCUT2D eigenvalue weighted by molar-refractivity contribution is 9.11. The summed E-state index contributed by atoms with van der Waals surface area (Å²) in [6.45, 7) is 2.47. The maximum atomic E-state index is 12.3. The van der Waals surface area contributed by atoms with Crippen molar-refractivity contribution in [3.63, 3.8) is 0 Å². The predicted molar refractivity (Wildman–Crippen MR) is 112 cm³/mol. The van der Waals surface area contributed by atoms with Gasteiger partial charge in [-0.15, -0.1) is 0 Å². The molecule has 148 valence electrons. The van der Waals surface area contributed by atoms with Gasteiger partial charge in [0.1, 0.15) is 12.4 Å². The smallest absolute Gasteiger partial charge is 0.417 e. The van der Waals surface area contributed by atoms with Gasteiger partial charge in [-0.1, -0.05) is 22.9 Å². The van der Waals surface area contributed by atoms with E-state index < -0.39 is 6.09 Å². The zero-order chi connectivity index (χ0) is 20.3. The largest absolute Gasteiger partial charge is 0.492 e. The molecule has 0 aliphatic heterocycles. The van der Waals surface area contributed by atoms with Gasteiger partial charge in [0.05, 0.1) is 22.6 Å². The Morgan fingerprint density at radius 3 is 2.86 bits per heavy atom. The average molecular weight is 487 g/mol. The van der Waals surface area contributed by atoms with Crippen molar-refractivity contribution in [2.45, 2.75) is 6.92 Å². The van der Waals surface area contributed by atoms with E-state index in [1.807, 2.05) is 0 Å². The topological polar surface area (TPSA) is 104 Å². The second kappa shape index (κ2) is 8.91. The summed E-state index contributed by atoms with van der Waals surface area (Å²) >= 11 is 10.8. The Bertz CT molecular complexity index is 987. The fourth-order valence-corrected chi connectivity index (χ4v) is 4.10. The number of rotatable bonds is 6. The van der Waals surface area contributed by atoms with Crippen molar-refractivity contribution in [1.29, 1.82) is 0 Å². The Morgan fingerprint density at radius 2 is 2.25 bits per heavy atom. The maximum Gasteiger partial charge on any atom is 0.417 e. The van der Waals surface area contributed by atoms with Crippen LogP contribution in [0.3, 0.4) is 0 Å². The van der Waals surface area contributed by atoms with Gasteiger partial charge in [0.2, 0.25) is 5.06 Å². The first-order chi connectivity index (χ1) is 13.4. The second-order valence-corrected chi connectivity index (χ2v) is 8.31. The fraction of sp³-hybridized carbons (Fsp3) is 0.235. The third kappa shape index (κ3) is 4.64. The minimum atomic E-state index is -0.628. The fourth-order valence-electron chi connectivity index (χ4n) is 2.47. The molecule has 0 aliphatic rings. The Labute approximate surface area is 178 Å². The van der Waals surface area contributed by atoms with Crippen molar-refractivity contribution in [3.8, 4) is 22.1 Å². The van der Waals surface area contributed by atoms with Crippen LogP contribution in [0.25, 0.3) is 11.3 Å². The number of nitrogens with one attached hydrogen (secondary N) is 1. The number of ether oxygens (including phenoxy) is 2. The van der Waals surface area contributed by atoms with Crippen molar-refractivity contribution in [2.24, 2.45) is 12.8 Å². The molecule has 28 heavy (non-hydrogen) atoms. The lowest BCUT2D eigenvalue weighted by molar-refractivity contribution is 0.216. The molecule has 2 heterocycles. The van der Waals surface area contributed by atoms with Crippen molar-refractivity contribution in [2.75, 3.05) is 18.5 Å². The molecule has 3 aromatic rings. The van der Waals surface area contributed by atoms with Gasteiger partial charge < -0.3 is 15.2 Å². The molecule has 0 bridgehead atoms. The van der Waals surface area contributed by atoms with Gasteiger partial charge in [-0.05, 0) is 41.1 Å². The summed E-state index contributed by atoms with van der Waals surface area (Å²) in [6.07, 6.45) is 0.916. The van der Waals surface area contributed by atoms with Crippen molar-refractivity contribution in [1.82, 2.24) is 14.8 Å². The number of thiazole rings is 1. The van der Waals surface area contributed by atoms with Gasteiger partial charge >= 0.3 is 6.09 Å². The van der Waals surface area contributed by atoms with Crippen molar-refractivity contribution >= 4 is 50.6 Å². The summed E-state index contributed by atoms with van der Waals surface area (Å²) < 4.78 is 13.3. The maximum absolute atomic E-state index is 12.3. The molecule has 0 unspecified atom stereocenters. The molecule has 1 aromatic carbocycles. The number of nitrogens with two attached hydrogens (primary N) is 1. The van der Waals surface area contributed by atoms with Crippen LogP contribution >= 0.6 is 38.9 Å². The summed E-state index contributed by atoms with van der Waals surface area (Å²) in [6, 6.07) is 5.18. The Kier molecular flexibility index (Phi) is 6.55. The number of carbonyl (C=O) groups excluding carboxylic acids is 1. The highest BCUT2D eigenvalue weighted by Gasteiger charge is 2.17. The third-order valence-corrected chi connectivity index (χ3v) is 5.43. The molecule has 0 aliphatic carbocycles. The highest BCUT2D eigenvalue weighted by Crippen LogP contribution is 2.37. The zero-order valence-electron chi connectivity index (χ0n) is 15.0. The normalized spacial score (nSPS) is 10.8. The number of benzene rings is 1. The Hall–Kier alpha value is -2.14. The van der Waals surface area contributed by atoms with Gasteiger partial charge in [-0.25, -0.2) is 9.78 Å². The number of amides is 1. The average Bonchev–Trinajstić information content (AvgIpc) is 3.14. The van der Waals surface area contributed by atoms with E-state index in [1.54, 1.807) is 43.0 Å². The standard InChI is InChI=1S/C17H17BrClN5O3S/c1-9-15(28-16(18)22-9)27-17(25)23-10-3-4-13(26-6-5-20)11(7-10)14-12(19)8-21-24(14)2/h3-4,7-8H,5-6,20H2,1-2H3,(H,23,25). The number of aryl methyl sites for hydroxylation is 2. The summed E-state index contributed by atoms with van der Waals surface area (Å²) in [7, 11) is 1.77. The van der Waals surface area contributed by atoms with Crippen LogP contribution in [0.5, 0.6) is 10.8 Å². The number of nitrogens with zero attached hydrogens (tertiary/aromatic N) is 3. The molecule has 0 fully saturated rings. The van der Waals surface area contributed by atoms with Crippen molar-refractivity contribution in [3.05, 3.63) is 39.0 Å². The van der Waals surface area contributed by atoms with Gasteiger partial charge in [-0.2, -0.15) is 5.10 Å². The molecule has 0 radical (unpaired) electrons. The van der Waals surface area contributed by atoms with E-state index >= 15 is 0 Å². The molecular formula is C17H17BrClN5O3S. The molecular weight excluding hydrogens is 470 g/mol. The molecule has 2 aromatic heterocycles. The van der Waals surface area contributed by atoms with Crippen LogP contribution in [0.15, 0.2) is 28.3 Å². The van der Waals surface area contributed by atoms with Crippen molar-refractivity contribution < 1.29 is 14.3 Å². The van der Waals surface area contributed by atoms with E-state index in [4.69, 9.17) is 26.8 Å². The van der Waals surface area contributed by atoms with Crippen LogP contribution in [0.2, 0.25) is 5.02 Å². The van der Waals surface area contributed by atoms with E-state index in [1.165, 1.54) is 11.3 Å². The quantitative estimate of drug-likeness (QED) is 0.541. The van der Waals surface area contributed by atoms with Gasteiger partial charge in [-0.3, -0.25) is 10.00 Å². The molecule has 11 heteroatoms. The van der Waals surface area contributed by atoms with Gasteiger partial charge in [0.25, 0.3) is 0 Å². The highest BCUT2D eigenvalue weighted by atomic mass is 79.9. The minimum Gasteiger partial charge on any atom is -0.492 e. The number of hydrogen-bond acceptors (Lipinski definition) is 7. The van der Waals surface area contributed by atoms with Crippen LogP contribution in [-0.2, 0) is 7.05 Å². The van der Waals surface area contributed by atoms with Crippen LogP contribution in [-0.4, -0.2) is 34.0 Å². The SMILES string of the molecule is Cc1nc(Br)sc1OC(=O)Nc1ccc(OCCN)c(-c2c(Cl)cnn2C)c1. The molecule has 0 saturated carbocycles. The molecule has 0 atom stereocenters. The predicted octanol–water partition coefficient (Wildman–Crippen LogP) is 4.22. The van der Waals surface area contributed by atoms with Gasteiger partial charge in [0, 0.05) is 24.8 Å². The van der Waals surface area contributed by atoms with Gasteiger partial charge in [0.15, 0.2) is 3.92 Å². The Morgan fingerprint density at radius 1 is 1.46 bits per heavy atom. The number of aromatic nitrogens is 3. The first-order valence-corrected chi connectivity index (χ1v) is 10.1. The summed E-state index contributed by atoms with van der Waals surface area (Å²) in [5.41, 5.74) is 8.01. The molecule has 3 N–H and O–H groups in total. The molecule has 1 amide bonds. The summed E-state index contributed by atoms with van der Waals surface area (Å²) in [5, 5.41) is 7.74. The lowest BCUT2D eigenvalue weighted by Gasteiger charge is -2.14. The van der Waals surface area contributed by atoms with Crippen LogP contribution < -0.4 is 20.5 Å². The first-order valence-electron chi connectivity index (χ1n) is 8.15. The lowest BCUT2D eigenvalue weighted by atomic mass is 10.1. The summed E-state index contributed by atoms with van der Waals surface area (Å²) in [4.78, 5) is 16.4. The zero-order valence-corrected chi connectivity index (χ0v) is 18.2. The number of halogens is 2. The molecule has 3 rings (SSSR count). The Balaban J connectivity index is 1.87. The van der Waals surface area contributed by atoms with E-state index in [0.717, 1.165) is 0 Å². The van der Waals surface area contributed by atoms with Crippen LogP contribution in [0.1, 0.15) is 5.69 Å². The molecule has 0 saturated heterocycles.